The van der Waals surface area contributed by atoms with Crippen LogP contribution in [0, 0.1) is 0 Å². The van der Waals surface area contributed by atoms with E-state index in [1.807, 2.05) is 31.1 Å². The number of nitrogens with zero attached hydrogens (tertiary/aromatic N) is 3. The van der Waals surface area contributed by atoms with Crippen LogP contribution in [-0.2, 0) is 11.3 Å². The van der Waals surface area contributed by atoms with Crippen molar-refractivity contribution in [3.8, 4) is 0 Å². The fourth-order valence-corrected chi connectivity index (χ4v) is 2.80. The lowest BCUT2D eigenvalue weighted by Gasteiger charge is -2.16. The zero-order valence-electron chi connectivity index (χ0n) is 13.9. The van der Waals surface area contributed by atoms with Crippen LogP contribution < -0.4 is 5.56 Å². The fraction of sp³-hybridized carbons (Fsp3) is 0.278. The molecule has 0 amide bonds. The van der Waals surface area contributed by atoms with Crippen molar-refractivity contribution in [1.82, 2.24) is 14.5 Å². The van der Waals surface area contributed by atoms with E-state index in [2.05, 4.69) is 4.98 Å². The Hall–Kier alpha value is -2.73. The smallest absolute Gasteiger partial charge is 0.337 e. The van der Waals surface area contributed by atoms with E-state index in [1.165, 1.54) is 7.11 Å². The van der Waals surface area contributed by atoms with Crippen LogP contribution in [0.3, 0.4) is 0 Å². The monoisotopic (exact) mass is 325 g/mol. The molecule has 0 aliphatic heterocycles. The minimum atomic E-state index is -0.418. The van der Waals surface area contributed by atoms with Gasteiger partial charge in [0, 0.05) is 30.9 Å². The molecule has 0 fully saturated rings. The maximum Gasteiger partial charge on any atom is 0.337 e. The van der Waals surface area contributed by atoms with Crippen molar-refractivity contribution in [2.75, 3.05) is 27.7 Å². The van der Waals surface area contributed by atoms with Crippen LogP contribution in [0.15, 0.2) is 41.5 Å². The number of esters is 1. The second kappa shape index (κ2) is 6.41. The van der Waals surface area contributed by atoms with E-state index in [0.29, 0.717) is 24.0 Å². The predicted octanol–water partition coefficient (Wildman–Crippen LogP) is 1.90. The number of carbonyl (C=O) groups is 1. The van der Waals surface area contributed by atoms with Gasteiger partial charge in [0.1, 0.15) is 0 Å². The molecule has 0 atom stereocenters. The number of hydrogen-bond acceptors (Lipinski definition) is 5. The lowest BCUT2D eigenvalue weighted by Crippen LogP contribution is -2.27. The summed E-state index contributed by atoms with van der Waals surface area (Å²) in [4.78, 5) is 30.8. The number of pyridine rings is 2. The Bertz CT molecular complexity index is 976. The molecule has 0 N–H and O–H groups in total. The molecule has 6 heteroatoms. The highest BCUT2D eigenvalue weighted by Crippen LogP contribution is 2.23. The Labute approximate surface area is 139 Å². The van der Waals surface area contributed by atoms with E-state index >= 15 is 0 Å². The predicted molar refractivity (Wildman–Crippen MR) is 93.4 cm³/mol. The maximum absolute atomic E-state index is 12.9. The second-order valence-electron chi connectivity index (χ2n) is 5.90. The molecule has 0 aliphatic rings. The van der Waals surface area contributed by atoms with Crippen LogP contribution in [0.2, 0.25) is 0 Å². The van der Waals surface area contributed by atoms with Crippen LogP contribution in [0.1, 0.15) is 10.4 Å². The van der Waals surface area contributed by atoms with Crippen molar-refractivity contribution in [3.05, 3.63) is 52.6 Å². The van der Waals surface area contributed by atoms with Crippen LogP contribution >= 0.6 is 0 Å². The molecule has 6 nitrogen and oxygen atoms in total. The Balaban J connectivity index is 2.35. The van der Waals surface area contributed by atoms with Gasteiger partial charge in [-0.25, -0.2) is 4.79 Å². The molecule has 0 spiro atoms. The molecule has 0 saturated carbocycles. The minimum Gasteiger partial charge on any atom is -0.465 e. The number of hydrogen-bond donors (Lipinski definition) is 0. The minimum absolute atomic E-state index is 0.102. The van der Waals surface area contributed by atoms with E-state index in [0.717, 1.165) is 16.3 Å². The summed E-state index contributed by atoms with van der Waals surface area (Å²) in [5.41, 5.74) is 1.05. The van der Waals surface area contributed by atoms with Gasteiger partial charge in [0.15, 0.2) is 0 Å². The average Bonchev–Trinajstić information content (AvgIpc) is 2.60. The number of aromatic nitrogens is 2. The van der Waals surface area contributed by atoms with Crippen molar-refractivity contribution in [3.63, 3.8) is 0 Å². The molecule has 0 radical (unpaired) electrons. The Morgan fingerprint density at radius 2 is 2.00 bits per heavy atom. The third kappa shape index (κ3) is 2.76. The molecular weight excluding hydrogens is 306 g/mol. The van der Waals surface area contributed by atoms with Gasteiger partial charge >= 0.3 is 5.97 Å². The number of methoxy groups -OCH3 is 1. The summed E-state index contributed by atoms with van der Waals surface area (Å²) in [5.74, 6) is -0.418. The first kappa shape index (κ1) is 16.1. The van der Waals surface area contributed by atoms with E-state index in [9.17, 15) is 9.59 Å². The van der Waals surface area contributed by atoms with Gasteiger partial charge in [0.25, 0.3) is 5.56 Å². The topological polar surface area (TPSA) is 64.4 Å². The first-order valence-corrected chi connectivity index (χ1v) is 7.66. The summed E-state index contributed by atoms with van der Waals surface area (Å²) in [5, 5.41) is 2.33. The molecule has 0 saturated heterocycles. The molecule has 24 heavy (non-hydrogen) atoms. The summed E-state index contributed by atoms with van der Waals surface area (Å²) in [6, 6.07) is 7.12. The normalized spacial score (nSPS) is 11.3. The largest absolute Gasteiger partial charge is 0.465 e. The molecule has 3 rings (SSSR count). The second-order valence-corrected chi connectivity index (χ2v) is 5.90. The standard InChI is InChI=1S/C18H19N3O3/c1-20(2)8-9-21-16-10-12(18(23)24-3)4-5-14(16)13-6-7-19-11-15(13)17(21)22/h4-7,10-11H,8-9H2,1-3H3. The molecule has 124 valence electrons. The van der Waals surface area contributed by atoms with Gasteiger partial charge in [-0.05, 0) is 37.7 Å². The van der Waals surface area contributed by atoms with Crippen LogP contribution in [0.25, 0.3) is 21.7 Å². The first-order valence-electron chi connectivity index (χ1n) is 7.66. The molecule has 1 aromatic carbocycles. The Kier molecular flexibility index (Phi) is 4.31. The molecule has 2 aromatic heterocycles. The third-order valence-corrected chi connectivity index (χ3v) is 4.07. The molecule has 3 aromatic rings. The first-order chi connectivity index (χ1) is 11.5. The summed E-state index contributed by atoms with van der Waals surface area (Å²) >= 11 is 0. The fourth-order valence-electron chi connectivity index (χ4n) is 2.80. The van der Waals surface area contributed by atoms with Crippen molar-refractivity contribution >= 4 is 27.6 Å². The summed E-state index contributed by atoms with van der Waals surface area (Å²) in [6.07, 6.45) is 3.26. The van der Waals surface area contributed by atoms with Gasteiger partial charge in [-0.3, -0.25) is 9.78 Å². The van der Waals surface area contributed by atoms with Gasteiger partial charge in [-0.1, -0.05) is 6.07 Å². The highest BCUT2D eigenvalue weighted by molar-refractivity contribution is 6.07. The number of benzene rings is 1. The molecule has 0 bridgehead atoms. The van der Waals surface area contributed by atoms with Gasteiger partial charge in [0.05, 0.1) is 23.6 Å². The maximum atomic E-state index is 12.9. The van der Waals surface area contributed by atoms with Crippen LogP contribution in [-0.4, -0.2) is 48.2 Å². The van der Waals surface area contributed by atoms with E-state index < -0.39 is 5.97 Å². The summed E-state index contributed by atoms with van der Waals surface area (Å²) in [6.45, 7) is 1.24. The molecule has 0 aliphatic carbocycles. The van der Waals surface area contributed by atoms with Gasteiger partial charge < -0.3 is 14.2 Å². The quantitative estimate of drug-likeness (QED) is 0.541. The van der Waals surface area contributed by atoms with Gasteiger partial charge in [-0.2, -0.15) is 0 Å². The van der Waals surface area contributed by atoms with Crippen molar-refractivity contribution in [2.45, 2.75) is 6.54 Å². The molecule has 0 unspecified atom stereocenters. The summed E-state index contributed by atoms with van der Waals surface area (Å²) in [7, 11) is 5.25. The van der Waals surface area contributed by atoms with Crippen LogP contribution in [0.4, 0.5) is 0 Å². The summed E-state index contributed by atoms with van der Waals surface area (Å²) < 4.78 is 6.50. The zero-order valence-corrected chi connectivity index (χ0v) is 13.9. The number of likely N-dealkylation sites (N-methyl/N-ethyl adjacent to an activating group) is 1. The van der Waals surface area contributed by atoms with Gasteiger partial charge in [0.2, 0.25) is 0 Å². The van der Waals surface area contributed by atoms with Crippen molar-refractivity contribution in [2.24, 2.45) is 0 Å². The number of carbonyl (C=O) groups excluding carboxylic acids is 1. The van der Waals surface area contributed by atoms with E-state index in [1.54, 1.807) is 29.1 Å². The number of ether oxygens (including phenoxy) is 1. The average molecular weight is 325 g/mol. The van der Waals surface area contributed by atoms with Crippen molar-refractivity contribution in [1.29, 1.82) is 0 Å². The number of fused-ring (bicyclic) bond motifs is 3. The Morgan fingerprint density at radius 3 is 2.71 bits per heavy atom. The van der Waals surface area contributed by atoms with Crippen LogP contribution in [0.5, 0.6) is 0 Å². The highest BCUT2D eigenvalue weighted by atomic mass is 16.5. The third-order valence-electron chi connectivity index (χ3n) is 4.07. The molecular formula is C18H19N3O3. The SMILES string of the molecule is COC(=O)c1ccc2c3ccncc3c(=O)n(CCN(C)C)c2c1. The molecule has 2 heterocycles. The zero-order chi connectivity index (χ0) is 17.3. The lowest BCUT2D eigenvalue weighted by atomic mass is 10.1. The van der Waals surface area contributed by atoms with E-state index in [4.69, 9.17) is 4.74 Å². The lowest BCUT2D eigenvalue weighted by molar-refractivity contribution is 0.0601. The number of rotatable bonds is 4. The Morgan fingerprint density at radius 1 is 1.21 bits per heavy atom. The highest BCUT2D eigenvalue weighted by Gasteiger charge is 2.14. The van der Waals surface area contributed by atoms with E-state index in [-0.39, 0.29) is 5.56 Å². The van der Waals surface area contributed by atoms with Gasteiger partial charge in [-0.15, -0.1) is 0 Å². The van der Waals surface area contributed by atoms with Crippen molar-refractivity contribution < 1.29 is 9.53 Å².